The van der Waals surface area contributed by atoms with E-state index in [0.29, 0.717) is 5.88 Å². The van der Waals surface area contributed by atoms with E-state index in [1.54, 1.807) is 11.3 Å². The third kappa shape index (κ3) is 1.57. The van der Waals surface area contributed by atoms with E-state index < -0.39 is 0 Å². The van der Waals surface area contributed by atoms with Crippen molar-refractivity contribution in [1.82, 2.24) is 0 Å². The minimum absolute atomic E-state index is 0.449. The standard InChI is InChI=1S/C10H6ClIOS/c11-3-6-1-2-8(12)10-9(6)7(4-13)5-14-10/h1-2,4-5H,3H2. The maximum atomic E-state index is 10.8. The Hall–Kier alpha value is -0.130. The summed E-state index contributed by atoms with van der Waals surface area (Å²) in [4.78, 5) is 10.8. The Morgan fingerprint density at radius 2 is 2.29 bits per heavy atom. The van der Waals surface area contributed by atoms with Gasteiger partial charge in [-0.25, -0.2) is 0 Å². The van der Waals surface area contributed by atoms with Gasteiger partial charge in [-0.1, -0.05) is 6.07 Å². The number of carbonyl (C=O) groups excluding carboxylic acids is 1. The first kappa shape index (κ1) is 10.4. The Morgan fingerprint density at radius 3 is 2.93 bits per heavy atom. The molecular formula is C10H6ClIOS. The number of hydrogen-bond donors (Lipinski definition) is 0. The van der Waals surface area contributed by atoms with Crippen molar-refractivity contribution in [2.45, 2.75) is 5.88 Å². The minimum Gasteiger partial charge on any atom is -0.298 e. The number of carbonyl (C=O) groups is 1. The second-order valence-corrected chi connectivity index (χ2v) is 5.16. The summed E-state index contributed by atoms with van der Waals surface area (Å²) < 4.78 is 2.33. The molecule has 0 saturated carbocycles. The lowest BCUT2D eigenvalue weighted by Crippen LogP contribution is -1.85. The third-order valence-corrected chi connectivity index (χ3v) is 4.64. The van der Waals surface area contributed by atoms with E-state index in [1.165, 1.54) is 3.57 Å². The van der Waals surface area contributed by atoms with Crippen molar-refractivity contribution in [3.05, 3.63) is 32.2 Å². The van der Waals surface area contributed by atoms with Crippen LogP contribution in [0, 0.1) is 3.57 Å². The third-order valence-electron chi connectivity index (χ3n) is 2.06. The average Bonchev–Trinajstić information content (AvgIpc) is 2.63. The van der Waals surface area contributed by atoms with Gasteiger partial charge in [0.05, 0.1) is 0 Å². The van der Waals surface area contributed by atoms with Crippen LogP contribution in [0.4, 0.5) is 0 Å². The first-order valence-corrected chi connectivity index (χ1v) is 6.47. The van der Waals surface area contributed by atoms with Crippen LogP contribution >= 0.6 is 45.5 Å². The van der Waals surface area contributed by atoms with Crippen LogP contribution in [0.5, 0.6) is 0 Å². The summed E-state index contributed by atoms with van der Waals surface area (Å²) in [5, 5.41) is 2.91. The molecule has 0 saturated heterocycles. The van der Waals surface area contributed by atoms with E-state index in [2.05, 4.69) is 22.6 Å². The molecule has 0 bridgehead atoms. The normalized spacial score (nSPS) is 10.7. The zero-order valence-corrected chi connectivity index (χ0v) is 10.8. The predicted molar refractivity (Wildman–Crippen MR) is 69.5 cm³/mol. The van der Waals surface area contributed by atoms with Crippen molar-refractivity contribution in [2.24, 2.45) is 0 Å². The number of hydrogen-bond acceptors (Lipinski definition) is 2. The summed E-state index contributed by atoms with van der Waals surface area (Å²) in [5.41, 5.74) is 1.78. The van der Waals surface area contributed by atoms with Crippen LogP contribution in [0.1, 0.15) is 15.9 Å². The zero-order chi connectivity index (χ0) is 10.1. The molecule has 0 spiro atoms. The fourth-order valence-electron chi connectivity index (χ4n) is 1.41. The Bertz CT molecular complexity index is 492. The second kappa shape index (κ2) is 4.16. The molecule has 1 nitrogen and oxygen atoms in total. The zero-order valence-electron chi connectivity index (χ0n) is 7.09. The second-order valence-electron chi connectivity index (χ2n) is 2.85. The minimum atomic E-state index is 0.449. The van der Waals surface area contributed by atoms with Crippen molar-refractivity contribution in [3.63, 3.8) is 0 Å². The molecule has 0 aliphatic rings. The van der Waals surface area contributed by atoms with E-state index in [9.17, 15) is 4.79 Å². The van der Waals surface area contributed by atoms with Crippen LogP contribution in [0.25, 0.3) is 10.1 Å². The topological polar surface area (TPSA) is 17.1 Å². The molecular weight excluding hydrogens is 331 g/mol. The predicted octanol–water partition coefficient (Wildman–Crippen LogP) is 4.06. The lowest BCUT2D eigenvalue weighted by Gasteiger charge is -2.01. The van der Waals surface area contributed by atoms with E-state index in [1.807, 2.05) is 17.5 Å². The summed E-state index contributed by atoms with van der Waals surface area (Å²) in [6.45, 7) is 0. The smallest absolute Gasteiger partial charge is 0.151 e. The molecule has 2 aromatic rings. The first-order valence-electron chi connectivity index (χ1n) is 3.97. The number of aldehydes is 1. The largest absolute Gasteiger partial charge is 0.298 e. The lowest BCUT2D eigenvalue weighted by atomic mass is 10.1. The lowest BCUT2D eigenvalue weighted by molar-refractivity contribution is 0.112. The summed E-state index contributed by atoms with van der Waals surface area (Å²) in [5.74, 6) is 0.449. The number of halogens is 2. The maximum Gasteiger partial charge on any atom is 0.151 e. The van der Waals surface area contributed by atoms with Crippen molar-refractivity contribution in [2.75, 3.05) is 0 Å². The summed E-state index contributed by atoms with van der Waals surface area (Å²) in [7, 11) is 0. The monoisotopic (exact) mass is 336 g/mol. The molecule has 0 aliphatic carbocycles. The van der Waals surface area contributed by atoms with Crippen molar-refractivity contribution >= 4 is 61.9 Å². The average molecular weight is 337 g/mol. The van der Waals surface area contributed by atoms with Gasteiger partial charge in [0.25, 0.3) is 0 Å². The molecule has 2 rings (SSSR count). The van der Waals surface area contributed by atoms with Gasteiger partial charge in [-0.05, 0) is 34.2 Å². The van der Waals surface area contributed by atoms with Crippen LogP contribution < -0.4 is 0 Å². The number of thiophene rings is 1. The summed E-state index contributed by atoms with van der Waals surface area (Å²) in [6, 6.07) is 4.02. The fraction of sp³-hybridized carbons (Fsp3) is 0.100. The molecule has 0 atom stereocenters. The van der Waals surface area contributed by atoms with Gasteiger partial charge >= 0.3 is 0 Å². The Balaban J connectivity index is 2.88. The number of alkyl halides is 1. The highest BCUT2D eigenvalue weighted by atomic mass is 127. The van der Waals surface area contributed by atoms with Gasteiger partial charge in [0.1, 0.15) is 0 Å². The molecule has 0 radical (unpaired) electrons. The quantitative estimate of drug-likeness (QED) is 0.459. The molecule has 0 N–H and O–H groups in total. The molecule has 4 heteroatoms. The highest BCUT2D eigenvalue weighted by molar-refractivity contribution is 14.1. The molecule has 0 unspecified atom stereocenters. The van der Waals surface area contributed by atoms with Gasteiger partial charge in [0.15, 0.2) is 6.29 Å². The number of fused-ring (bicyclic) bond motifs is 1. The van der Waals surface area contributed by atoms with Gasteiger partial charge in [-0.2, -0.15) is 0 Å². The van der Waals surface area contributed by atoms with E-state index in [4.69, 9.17) is 11.6 Å². The molecule has 0 aliphatic heterocycles. The molecule has 1 aromatic carbocycles. The molecule has 0 amide bonds. The first-order chi connectivity index (χ1) is 6.77. The van der Waals surface area contributed by atoms with E-state index >= 15 is 0 Å². The van der Waals surface area contributed by atoms with Crippen LogP contribution in [-0.2, 0) is 5.88 Å². The Kier molecular flexibility index (Phi) is 3.09. The summed E-state index contributed by atoms with van der Waals surface area (Å²) in [6.07, 6.45) is 0.894. The maximum absolute atomic E-state index is 10.8. The van der Waals surface area contributed by atoms with Crippen molar-refractivity contribution in [1.29, 1.82) is 0 Å². The highest BCUT2D eigenvalue weighted by Crippen LogP contribution is 2.32. The molecule has 1 heterocycles. The summed E-state index contributed by atoms with van der Waals surface area (Å²) >= 11 is 9.70. The fourth-order valence-corrected chi connectivity index (χ4v) is 3.43. The van der Waals surface area contributed by atoms with Crippen molar-refractivity contribution in [3.8, 4) is 0 Å². The van der Waals surface area contributed by atoms with Crippen molar-refractivity contribution < 1.29 is 4.79 Å². The van der Waals surface area contributed by atoms with Crippen LogP contribution in [0.15, 0.2) is 17.5 Å². The molecule has 14 heavy (non-hydrogen) atoms. The molecule has 72 valence electrons. The van der Waals surface area contributed by atoms with Gasteiger partial charge < -0.3 is 0 Å². The molecule has 0 fully saturated rings. The van der Waals surface area contributed by atoms with E-state index in [0.717, 1.165) is 27.5 Å². The Labute approximate surface area is 104 Å². The van der Waals surface area contributed by atoms with Crippen LogP contribution in [-0.4, -0.2) is 6.29 Å². The van der Waals surface area contributed by atoms with Gasteiger partial charge in [-0.15, -0.1) is 22.9 Å². The van der Waals surface area contributed by atoms with Gasteiger partial charge in [0.2, 0.25) is 0 Å². The SMILES string of the molecule is O=Cc1csc2c(I)ccc(CCl)c12. The van der Waals surface area contributed by atoms with Gasteiger partial charge in [-0.3, -0.25) is 4.79 Å². The Morgan fingerprint density at radius 1 is 1.50 bits per heavy atom. The molecule has 1 aromatic heterocycles. The number of rotatable bonds is 2. The number of benzene rings is 1. The van der Waals surface area contributed by atoms with E-state index in [-0.39, 0.29) is 0 Å². The van der Waals surface area contributed by atoms with Gasteiger partial charge in [0, 0.05) is 30.5 Å². The highest BCUT2D eigenvalue weighted by Gasteiger charge is 2.10. The van der Waals surface area contributed by atoms with Crippen LogP contribution in [0.3, 0.4) is 0 Å². The van der Waals surface area contributed by atoms with Crippen LogP contribution in [0.2, 0.25) is 0 Å².